The number of alkyl halides is 3. The van der Waals surface area contributed by atoms with E-state index in [2.05, 4.69) is 0 Å². The maximum Gasteiger partial charge on any atom is 0.446 e. The van der Waals surface area contributed by atoms with Crippen molar-refractivity contribution in [2.75, 3.05) is 6.61 Å². The lowest BCUT2D eigenvalue weighted by Gasteiger charge is -2.10. The standard InChI is InChI=1S/C10H12F3NOS/c11-10(12,13)16-9-3-1-2-7(5-9)4-8(14)6-15/h1-3,5,8,15H,4,6,14H2. The summed E-state index contributed by atoms with van der Waals surface area (Å²) in [6, 6.07) is 5.63. The summed E-state index contributed by atoms with van der Waals surface area (Å²) in [5, 5.41) is 8.74. The number of halogens is 3. The first-order chi connectivity index (χ1) is 7.40. The third-order valence-electron chi connectivity index (χ3n) is 1.86. The van der Waals surface area contributed by atoms with Gasteiger partial charge in [-0.15, -0.1) is 0 Å². The van der Waals surface area contributed by atoms with Crippen LogP contribution >= 0.6 is 11.8 Å². The molecule has 0 saturated heterocycles. The van der Waals surface area contributed by atoms with Crippen molar-refractivity contribution in [2.24, 2.45) is 5.73 Å². The fourth-order valence-electron chi connectivity index (χ4n) is 1.24. The second kappa shape index (κ2) is 5.56. The predicted molar refractivity (Wildman–Crippen MR) is 57.1 cm³/mol. The number of nitrogens with two attached hydrogens (primary N) is 1. The largest absolute Gasteiger partial charge is 0.446 e. The highest BCUT2D eigenvalue weighted by Crippen LogP contribution is 2.36. The van der Waals surface area contributed by atoms with Crippen LogP contribution in [-0.4, -0.2) is 23.3 Å². The van der Waals surface area contributed by atoms with Crippen LogP contribution in [0.15, 0.2) is 29.2 Å². The minimum atomic E-state index is -4.28. The second-order valence-corrected chi connectivity index (χ2v) is 4.48. The molecule has 0 radical (unpaired) electrons. The molecule has 0 fully saturated rings. The van der Waals surface area contributed by atoms with Crippen LogP contribution in [0.5, 0.6) is 0 Å². The van der Waals surface area contributed by atoms with E-state index in [1.807, 2.05) is 0 Å². The van der Waals surface area contributed by atoms with Gasteiger partial charge in [-0.2, -0.15) is 13.2 Å². The molecule has 1 rings (SSSR count). The summed E-state index contributed by atoms with van der Waals surface area (Å²) in [7, 11) is 0. The highest BCUT2D eigenvalue weighted by molar-refractivity contribution is 8.00. The van der Waals surface area contributed by atoms with Crippen molar-refractivity contribution in [3.8, 4) is 0 Å². The lowest BCUT2D eigenvalue weighted by atomic mass is 10.1. The van der Waals surface area contributed by atoms with E-state index in [0.717, 1.165) is 0 Å². The summed E-state index contributed by atoms with van der Waals surface area (Å²) in [5.74, 6) is 0. The molecule has 0 aliphatic rings. The van der Waals surface area contributed by atoms with Gasteiger partial charge in [0.1, 0.15) is 0 Å². The van der Waals surface area contributed by atoms with Gasteiger partial charge < -0.3 is 10.8 Å². The smallest absolute Gasteiger partial charge is 0.395 e. The summed E-state index contributed by atoms with van der Waals surface area (Å²) >= 11 is -0.154. The maximum atomic E-state index is 12.1. The molecule has 0 aromatic heterocycles. The van der Waals surface area contributed by atoms with Crippen LogP contribution in [0.25, 0.3) is 0 Å². The molecule has 0 spiro atoms. The molecule has 3 N–H and O–H groups in total. The molecule has 90 valence electrons. The summed E-state index contributed by atoms with van der Waals surface area (Å²) in [6.45, 7) is -0.184. The molecular formula is C10H12F3NOS. The molecule has 2 nitrogen and oxygen atoms in total. The molecular weight excluding hydrogens is 239 g/mol. The van der Waals surface area contributed by atoms with Crippen LogP contribution in [0, 0.1) is 0 Å². The van der Waals surface area contributed by atoms with E-state index in [0.29, 0.717) is 12.0 Å². The minimum absolute atomic E-state index is 0.134. The third kappa shape index (κ3) is 4.87. The molecule has 0 bridgehead atoms. The van der Waals surface area contributed by atoms with Gasteiger partial charge in [0.15, 0.2) is 0 Å². The van der Waals surface area contributed by atoms with Crippen molar-refractivity contribution in [3.63, 3.8) is 0 Å². The Bertz CT molecular complexity index is 343. The zero-order valence-corrected chi connectivity index (χ0v) is 9.18. The van der Waals surface area contributed by atoms with Gasteiger partial charge in [-0.3, -0.25) is 0 Å². The van der Waals surface area contributed by atoms with Crippen LogP contribution < -0.4 is 5.73 Å². The molecule has 1 atom stereocenters. The van der Waals surface area contributed by atoms with Gasteiger partial charge in [-0.1, -0.05) is 12.1 Å². The number of rotatable bonds is 4. The molecule has 0 aliphatic heterocycles. The Morgan fingerprint density at radius 2 is 2.06 bits per heavy atom. The molecule has 0 aliphatic carbocycles. The summed E-state index contributed by atoms with van der Waals surface area (Å²) in [6.07, 6.45) is 0.364. The Hall–Kier alpha value is -0.720. The van der Waals surface area contributed by atoms with E-state index in [1.54, 1.807) is 12.1 Å². The summed E-state index contributed by atoms with van der Waals surface area (Å²) in [4.78, 5) is 0.134. The number of aliphatic hydroxyl groups is 1. The van der Waals surface area contributed by atoms with Gasteiger partial charge in [-0.25, -0.2) is 0 Å². The third-order valence-corrected chi connectivity index (χ3v) is 2.59. The van der Waals surface area contributed by atoms with Crippen LogP contribution in [0.3, 0.4) is 0 Å². The number of hydrogen-bond donors (Lipinski definition) is 2. The number of hydrogen-bond acceptors (Lipinski definition) is 3. The van der Waals surface area contributed by atoms with E-state index in [4.69, 9.17) is 10.8 Å². The summed E-state index contributed by atoms with van der Waals surface area (Å²) in [5.41, 5.74) is 1.91. The number of benzene rings is 1. The average molecular weight is 251 g/mol. The van der Waals surface area contributed by atoms with E-state index < -0.39 is 11.6 Å². The fraction of sp³-hybridized carbons (Fsp3) is 0.400. The van der Waals surface area contributed by atoms with Gasteiger partial charge in [0.2, 0.25) is 0 Å². The first-order valence-electron chi connectivity index (χ1n) is 4.62. The Morgan fingerprint density at radius 1 is 1.38 bits per heavy atom. The molecule has 6 heteroatoms. The lowest BCUT2D eigenvalue weighted by Crippen LogP contribution is -2.26. The van der Waals surface area contributed by atoms with Crippen molar-refractivity contribution in [1.29, 1.82) is 0 Å². The molecule has 1 aromatic rings. The van der Waals surface area contributed by atoms with E-state index in [9.17, 15) is 13.2 Å². The topological polar surface area (TPSA) is 46.2 Å². The Kier molecular flexibility index (Phi) is 4.64. The van der Waals surface area contributed by atoms with Gasteiger partial charge in [0, 0.05) is 10.9 Å². The molecule has 0 heterocycles. The molecule has 0 saturated carbocycles. The highest BCUT2D eigenvalue weighted by atomic mass is 32.2. The first-order valence-corrected chi connectivity index (χ1v) is 5.43. The Morgan fingerprint density at radius 3 is 2.62 bits per heavy atom. The van der Waals surface area contributed by atoms with Crippen molar-refractivity contribution >= 4 is 11.8 Å². The zero-order valence-electron chi connectivity index (χ0n) is 8.37. The minimum Gasteiger partial charge on any atom is -0.395 e. The zero-order chi connectivity index (χ0) is 12.2. The summed E-state index contributed by atoms with van der Waals surface area (Å²) < 4.78 is 36.3. The van der Waals surface area contributed by atoms with Gasteiger partial charge in [-0.05, 0) is 35.9 Å². The lowest BCUT2D eigenvalue weighted by molar-refractivity contribution is -0.0328. The Labute approximate surface area is 95.6 Å². The van der Waals surface area contributed by atoms with Crippen molar-refractivity contribution in [1.82, 2.24) is 0 Å². The Balaban J connectivity index is 2.71. The average Bonchev–Trinajstić information content (AvgIpc) is 2.15. The highest BCUT2D eigenvalue weighted by Gasteiger charge is 2.29. The maximum absolute atomic E-state index is 12.1. The molecule has 0 amide bonds. The van der Waals surface area contributed by atoms with E-state index in [1.165, 1.54) is 12.1 Å². The van der Waals surface area contributed by atoms with Crippen LogP contribution in [0.4, 0.5) is 13.2 Å². The van der Waals surface area contributed by atoms with Crippen LogP contribution in [0.2, 0.25) is 0 Å². The molecule has 16 heavy (non-hydrogen) atoms. The van der Waals surface area contributed by atoms with E-state index >= 15 is 0 Å². The van der Waals surface area contributed by atoms with Crippen LogP contribution in [-0.2, 0) is 6.42 Å². The van der Waals surface area contributed by atoms with Gasteiger partial charge in [0.05, 0.1) is 6.61 Å². The quantitative estimate of drug-likeness (QED) is 0.806. The van der Waals surface area contributed by atoms with Crippen LogP contribution in [0.1, 0.15) is 5.56 Å². The second-order valence-electron chi connectivity index (χ2n) is 3.34. The van der Waals surface area contributed by atoms with Crippen molar-refractivity contribution < 1.29 is 18.3 Å². The normalized spacial score (nSPS) is 13.8. The molecule has 1 aromatic carbocycles. The van der Waals surface area contributed by atoms with E-state index in [-0.39, 0.29) is 23.3 Å². The fourth-order valence-corrected chi connectivity index (χ4v) is 1.86. The predicted octanol–water partition coefficient (Wildman–Crippen LogP) is 2.16. The monoisotopic (exact) mass is 251 g/mol. The van der Waals surface area contributed by atoms with Crippen molar-refractivity contribution in [3.05, 3.63) is 29.8 Å². The van der Waals surface area contributed by atoms with Gasteiger partial charge in [0.25, 0.3) is 0 Å². The SMILES string of the molecule is NC(CO)Cc1cccc(SC(F)(F)F)c1. The van der Waals surface area contributed by atoms with Gasteiger partial charge >= 0.3 is 5.51 Å². The first kappa shape index (κ1) is 13.3. The number of aliphatic hydroxyl groups excluding tert-OH is 1. The van der Waals surface area contributed by atoms with Crippen molar-refractivity contribution in [2.45, 2.75) is 22.9 Å². The molecule has 1 unspecified atom stereocenters. The number of thioether (sulfide) groups is 1.